The highest BCUT2D eigenvalue weighted by atomic mass is 16.1. The molecule has 0 aliphatic heterocycles. The van der Waals surface area contributed by atoms with Gasteiger partial charge in [-0.15, -0.1) is 0 Å². The number of carbonyl (C=O) groups excluding carboxylic acids is 1. The van der Waals surface area contributed by atoms with Crippen molar-refractivity contribution in [3.8, 4) is 0 Å². The highest BCUT2D eigenvalue weighted by molar-refractivity contribution is 5.94. The van der Waals surface area contributed by atoms with E-state index in [1.54, 1.807) is 18.5 Å². The number of nitrogens with one attached hydrogen (secondary N) is 2. The second kappa shape index (κ2) is 9.68. The first-order valence-corrected chi connectivity index (χ1v) is 9.87. The lowest BCUT2D eigenvalue weighted by Gasteiger charge is -2.22. The lowest BCUT2D eigenvalue weighted by Crippen LogP contribution is -2.23. The summed E-state index contributed by atoms with van der Waals surface area (Å²) in [6.45, 7) is 8.74. The summed E-state index contributed by atoms with van der Waals surface area (Å²) in [5, 5.41) is 6.18. The Kier molecular flexibility index (Phi) is 6.79. The Bertz CT molecular complexity index is 937. The summed E-state index contributed by atoms with van der Waals surface area (Å²) in [5.41, 5.74) is 4.69. The average Bonchev–Trinajstić information content (AvgIpc) is 2.76. The van der Waals surface area contributed by atoms with Crippen LogP contribution < -0.4 is 15.5 Å². The number of carbonyl (C=O) groups is 1. The van der Waals surface area contributed by atoms with Gasteiger partial charge in [0.05, 0.1) is 17.8 Å². The molecule has 6 heteroatoms. The van der Waals surface area contributed by atoms with Crippen LogP contribution in [0.25, 0.3) is 0 Å². The number of nitrogens with zero attached hydrogens (tertiary/aromatic N) is 3. The summed E-state index contributed by atoms with van der Waals surface area (Å²) in [6, 6.07) is 15.6. The molecule has 0 spiro atoms. The minimum Gasteiger partial charge on any atom is -0.372 e. The van der Waals surface area contributed by atoms with Gasteiger partial charge in [-0.3, -0.25) is 9.78 Å². The van der Waals surface area contributed by atoms with Crippen molar-refractivity contribution in [2.75, 3.05) is 23.3 Å². The normalized spacial score (nSPS) is 10.4. The quantitative estimate of drug-likeness (QED) is 0.601. The second-order valence-electron chi connectivity index (χ2n) is 6.73. The lowest BCUT2D eigenvalue weighted by molar-refractivity contribution is 0.0950. The maximum atomic E-state index is 12.3. The van der Waals surface area contributed by atoms with Gasteiger partial charge in [0, 0.05) is 36.9 Å². The van der Waals surface area contributed by atoms with E-state index in [0.717, 1.165) is 30.0 Å². The first kappa shape index (κ1) is 20.3. The molecule has 0 bridgehead atoms. The van der Waals surface area contributed by atoms with E-state index in [1.807, 2.05) is 24.3 Å². The SMILES string of the molecule is CCN(CC)c1ccc(Nc2ccc(C(=O)NCc3ccccn3)cn2)c(C)c1. The number of amides is 1. The van der Waals surface area contributed by atoms with E-state index in [9.17, 15) is 4.79 Å². The first-order chi connectivity index (χ1) is 14.1. The molecule has 0 fully saturated rings. The van der Waals surface area contributed by atoms with Gasteiger partial charge in [-0.1, -0.05) is 6.07 Å². The summed E-state index contributed by atoms with van der Waals surface area (Å²) < 4.78 is 0. The molecular weight excluding hydrogens is 362 g/mol. The monoisotopic (exact) mass is 389 g/mol. The van der Waals surface area contributed by atoms with Crippen LogP contribution in [0.3, 0.4) is 0 Å². The van der Waals surface area contributed by atoms with Crippen LogP contribution in [0.2, 0.25) is 0 Å². The second-order valence-corrected chi connectivity index (χ2v) is 6.73. The largest absolute Gasteiger partial charge is 0.372 e. The maximum Gasteiger partial charge on any atom is 0.253 e. The maximum absolute atomic E-state index is 12.3. The van der Waals surface area contributed by atoms with Crippen LogP contribution in [-0.2, 0) is 6.54 Å². The molecule has 3 rings (SSSR count). The van der Waals surface area contributed by atoms with Crippen molar-refractivity contribution in [3.05, 3.63) is 77.7 Å². The number of pyridine rings is 2. The third-order valence-electron chi connectivity index (χ3n) is 4.78. The van der Waals surface area contributed by atoms with Gasteiger partial charge in [0.25, 0.3) is 5.91 Å². The fraction of sp³-hybridized carbons (Fsp3) is 0.261. The number of hydrogen-bond donors (Lipinski definition) is 2. The summed E-state index contributed by atoms with van der Waals surface area (Å²) in [6.07, 6.45) is 3.29. The van der Waals surface area contributed by atoms with Gasteiger partial charge < -0.3 is 15.5 Å². The third kappa shape index (κ3) is 5.31. The topological polar surface area (TPSA) is 70.2 Å². The number of benzene rings is 1. The van der Waals surface area contributed by atoms with Crippen molar-refractivity contribution >= 4 is 23.1 Å². The third-order valence-corrected chi connectivity index (χ3v) is 4.78. The summed E-state index contributed by atoms with van der Waals surface area (Å²) in [7, 11) is 0. The van der Waals surface area contributed by atoms with Gasteiger partial charge >= 0.3 is 0 Å². The zero-order valence-corrected chi connectivity index (χ0v) is 17.1. The minimum atomic E-state index is -0.172. The molecule has 0 unspecified atom stereocenters. The predicted molar refractivity (Wildman–Crippen MR) is 118 cm³/mol. The predicted octanol–water partition coefficient (Wildman–Crippen LogP) is 4.30. The Morgan fingerprint density at radius 1 is 1.03 bits per heavy atom. The van der Waals surface area contributed by atoms with Gasteiger partial charge in [0.15, 0.2) is 0 Å². The molecule has 0 saturated carbocycles. The molecule has 1 amide bonds. The standard InChI is InChI=1S/C23H27N5O/c1-4-28(5-2)20-10-11-21(17(3)14-20)27-22-12-9-18(15-25-22)23(29)26-16-19-8-6-7-13-24-19/h6-15H,4-5,16H2,1-3H3,(H,25,27)(H,26,29). The van der Waals surface area contributed by atoms with Crippen molar-refractivity contribution in [2.24, 2.45) is 0 Å². The van der Waals surface area contributed by atoms with E-state index < -0.39 is 0 Å². The molecule has 0 aliphatic carbocycles. The van der Waals surface area contributed by atoms with Crippen LogP contribution >= 0.6 is 0 Å². The smallest absolute Gasteiger partial charge is 0.253 e. The molecule has 0 atom stereocenters. The molecule has 2 heterocycles. The molecule has 2 N–H and O–H groups in total. The minimum absolute atomic E-state index is 0.172. The van der Waals surface area contributed by atoms with Crippen molar-refractivity contribution in [2.45, 2.75) is 27.3 Å². The van der Waals surface area contributed by atoms with Crippen molar-refractivity contribution < 1.29 is 4.79 Å². The van der Waals surface area contributed by atoms with Gasteiger partial charge in [-0.25, -0.2) is 4.98 Å². The van der Waals surface area contributed by atoms with Crippen LogP contribution in [0, 0.1) is 6.92 Å². The van der Waals surface area contributed by atoms with Gasteiger partial charge in [0.1, 0.15) is 5.82 Å². The van der Waals surface area contributed by atoms with E-state index in [1.165, 1.54) is 5.69 Å². The number of hydrogen-bond acceptors (Lipinski definition) is 5. The zero-order chi connectivity index (χ0) is 20.6. The fourth-order valence-corrected chi connectivity index (χ4v) is 3.09. The highest BCUT2D eigenvalue weighted by Crippen LogP contribution is 2.25. The lowest BCUT2D eigenvalue weighted by atomic mass is 10.1. The highest BCUT2D eigenvalue weighted by Gasteiger charge is 2.08. The van der Waals surface area contributed by atoms with Gasteiger partial charge in [-0.05, 0) is 68.8 Å². The number of anilines is 3. The zero-order valence-electron chi connectivity index (χ0n) is 17.1. The van der Waals surface area contributed by atoms with Gasteiger partial charge in [0.2, 0.25) is 0 Å². The Hall–Kier alpha value is -3.41. The van der Waals surface area contributed by atoms with E-state index in [0.29, 0.717) is 17.9 Å². The van der Waals surface area contributed by atoms with E-state index >= 15 is 0 Å². The van der Waals surface area contributed by atoms with Crippen LogP contribution in [0.4, 0.5) is 17.2 Å². The molecule has 1 aromatic carbocycles. The molecule has 3 aromatic rings. The molecule has 0 aliphatic rings. The number of rotatable bonds is 8. The molecule has 2 aromatic heterocycles. The molecule has 0 radical (unpaired) electrons. The van der Waals surface area contributed by atoms with Crippen LogP contribution in [-0.4, -0.2) is 29.0 Å². The van der Waals surface area contributed by atoms with Crippen LogP contribution in [0.5, 0.6) is 0 Å². The van der Waals surface area contributed by atoms with Crippen molar-refractivity contribution in [3.63, 3.8) is 0 Å². The summed E-state index contributed by atoms with van der Waals surface area (Å²) in [4.78, 5) is 23.2. The summed E-state index contributed by atoms with van der Waals surface area (Å²) in [5.74, 6) is 0.527. The average molecular weight is 390 g/mol. The van der Waals surface area contributed by atoms with E-state index in [2.05, 4.69) is 64.5 Å². The van der Waals surface area contributed by atoms with Gasteiger partial charge in [-0.2, -0.15) is 0 Å². The van der Waals surface area contributed by atoms with Crippen molar-refractivity contribution in [1.29, 1.82) is 0 Å². The van der Waals surface area contributed by atoms with Crippen molar-refractivity contribution in [1.82, 2.24) is 15.3 Å². The number of aromatic nitrogens is 2. The molecule has 6 nitrogen and oxygen atoms in total. The first-order valence-electron chi connectivity index (χ1n) is 9.87. The van der Waals surface area contributed by atoms with Crippen LogP contribution in [0.1, 0.15) is 35.5 Å². The number of aryl methyl sites for hydroxylation is 1. The summed E-state index contributed by atoms with van der Waals surface area (Å²) >= 11 is 0. The van der Waals surface area contributed by atoms with E-state index in [-0.39, 0.29) is 5.91 Å². The Morgan fingerprint density at radius 3 is 2.48 bits per heavy atom. The molecule has 150 valence electrons. The fourth-order valence-electron chi connectivity index (χ4n) is 3.09. The Balaban J connectivity index is 1.62. The van der Waals surface area contributed by atoms with Crippen LogP contribution in [0.15, 0.2) is 60.9 Å². The molecular formula is C23H27N5O. The molecule has 0 saturated heterocycles. The van der Waals surface area contributed by atoms with E-state index in [4.69, 9.17) is 0 Å². The Labute approximate surface area is 172 Å². The Morgan fingerprint density at radius 2 is 1.86 bits per heavy atom. The molecule has 29 heavy (non-hydrogen) atoms.